The highest BCUT2D eigenvalue weighted by molar-refractivity contribution is 7.10. The predicted molar refractivity (Wildman–Crippen MR) is 122 cm³/mol. The minimum Gasteiger partial charge on any atom is -0.371 e. The Hall–Kier alpha value is -2.87. The van der Waals surface area contributed by atoms with Crippen LogP contribution in [0.4, 0.5) is 11.4 Å². The van der Waals surface area contributed by atoms with Gasteiger partial charge in [-0.3, -0.25) is 14.4 Å². The zero-order valence-corrected chi connectivity index (χ0v) is 18.3. The van der Waals surface area contributed by atoms with Crippen molar-refractivity contribution in [1.82, 2.24) is 4.90 Å². The molecule has 0 spiro atoms. The summed E-state index contributed by atoms with van der Waals surface area (Å²) in [5.74, 6) is -0.374. The van der Waals surface area contributed by atoms with Crippen LogP contribution in [-0.2, 0) is 20.8 Å². The number of piperidine rings is 1. The first-order valence-electron chi connectivity index (χ1n) is 10.8. The largest absolute Gasteiger partial charge is 0.371 e. The second kappa shape index (κ2) is 9.51. The van der Waals surface area contributed by atoms with E-state index in [-0.39, 0.29) is 23.6 Å². The van der Waals surface area contributed by atoms with Crippen molar-refractivity contribution < 1.29 is 14.4 Å². The van der Waals surface area contributed by atoms with Crippen molar-refractivity contribution in [3.8, 4) is 0 Å². The van der Waals surface area contributed by atoms with Crippen LogP contribution >= 0.6 is 11.3 Å². The van der Waals surface area contributed by atoms with Crippen molar-refractivity contribution in [3.63, 3.8) is 0 Å². The smallest absolute Gasteiger partial charge is 0.247 e. The topological polar surface area (TPSA) is 95.7 Å². The Morgan fingerprint density at radius 2 is 1.77 bits per heavy atom. The maximum Gasteiger partial charge on any atom is 0.247 e. The summed E-state index contributed by atoms with van der Waals surface area (Å²) in [7, 11) is 0. The predicted octanol–water partition coefficient (Wildman–Crippen LogP) is 2.62. The van der Waals surface area contributed by atoms with Crippen molar-refractivity contribution in [2.45, 2.75) is 38.1 Å². The number of rotatable bonds is 6. The summed E-state index contributed by atoms with van der Waals surface area (Å²) >= 11 is 1.56. The summed E-state index contributed by atoms with van der Waals surface area (Å²) in [5.41, 5.74) is 7.19. The lowest BCUT2D eigenvalue weighted by molar-refractivity contribution is -0.136. The summed E-state index contributed by atoms with van der Waals surface area (Å²) < 4.78 is 0. The summed E-state index contributed by atoms with van der Waals surface area (Å²) in [6.45, 7) is 2.22. The molecule has 2 aromatic rings. The van der Waals surface area contributed by atoms with Gasteiger partial charge in [-0.15, -0.1) is 11.3 Å². The van der Waals surface area contributed by atoms with E-state index in [2.05, 4.69) is 10.2 Å². The molecule has 0 aliphatic carbocycles. The number of nitrogens with two attached hydrogens (primary N) is 1. The van der Waals surface area contributed by atoms with Gasteiger partial charge in [0, 0.05) is 41.8 Å². The summed E-state index contributed by atoms with van der Waals surface area (Å²) in [4.78, 5) is 41.8. The van der Waals surface area contributed by atoms with Crippen LogP contribution in [0.15, 0.2) is 41.8 Å². The van der Waals surface area contributed by atoms with Crippen molar-refractivity contribution in [3.05, 3.63) is 46.7 Å². The molecule has 1 atom stereocenters. The molecule has 7 nitrogen and oxygen atoms in total. The van der Waals surface area contributed by atoms with Gasteiger partial charge < -0.3 is 20.9 Å². The van der Waals surface area contributed by atoms with Crippen LogP contribution in [0, 0.1) is 5.92 Å². The highest BCUT2D eigenvalue weighted by Crippen LogP contribution is 2.26. The van der Waals surface area contributed by atoms with Gasteiger partial charge in [0.25, 0.3) is 0 Å². The first-order chi connectivity index (χ1) is 15.0. The van der Waals surface area contributed by atoms with E-state index in [0.29, 0.717) is 19.4 Å². The average Bonchev–Trinajstić information content (AvgIpc) is 3.46. The van der Waals surface area contributed by atoms with Crippen LogP contribution in [0.1, 0.15) is 30.6 Å². The Morgan fingerprint density at radius 1 is 1.03 bits per heavy atom. The lowest BCUT2D eigenvalue weighted by Gasteiger charge is -2.32. The van der Waals surface area contributed by atoms with Gasteiger partial charge in [-0.05, 0) is 61.4 Å². The number of nitrogens with one attached hydrogen (secondary N) is 1. The molecule has 1 aromatic carbocycles. The third-order valence-corrected chi connectivity index (χ3v) is 7.06. The van der Waals surface area contributed by atoms with Gasteiger partial charge in [-0.2, -0.15) is 0 Å². The summed E-state index contributed by atoms with van der Waals surface area (Å²) in [6.07, 6.45) is 3.42. The van der Waals surface area contributed by atoms with Crippen LogP contribution in [0.25, 0.3) is 0 Å². The molecule has 3 amide bonds. The third-order valence-electron chi connectivity index (χ3n) is 6.18. The molecule has 1 unspecified atom stereocenters. The number of anilines is 2. The second-order valence-electron chi connectivity index (χ2n) is 8.20. The van der Waals surface area contributed by atoms with E-state index in [0.717, 1.165) is 48.6 Å². The third kappa shape index (κ3) is 5.07. The molecule has 2 fully saturated rings. The fraction of sp³-hybridized carbons (Fsp3) is 0.435. The Balaban J connectivity index is 1.33. The SMILES string of the molecule is NC(=O)C1CCN(c2ccc(NC(=O)C3CCCN3C(=O)Cc3cccs3)cc2)CC1. The van der Waals surface area contributed by atoms with Gasteiger partial charge in [0.1, 0.15) is 6.04 Å². The number of nitrogens with zero attached hydrogens (tertiary/aromatic N) is 2. The molecule has 0 radical (unpaired) electrons. The number of amides is 3. The van der Waals surface area contributed by atoms with Gasteiger partial charge in [0.05, 0.1) is 6.42 Å². The number of benzene rings is 1. The molecule has 0 bridgehead atoms. The Morgan fingerprint density at radius 3 is 2.42 bits per heavy atom. The first kappa shape index (κ1) is 21.4. The number of hydrogen-bond acceptors (Lipinski definition) is 5. The van der Waals surface area contributed by atoms with E-state index in [1.165, 1.54) is 0 Å². The Bertz CT molecular complexity index is 921. The molecule has 2 aliphatic rings. The van der Waals surface area contributed by atoms with Gasteiger partial charge >= 0.3 is 0 Å². The number of likely N-dealkylation sites (tertiary alicyclic amines) is 1. The monoisotopic (exact) mass is 440 g/mol. The van der Waals surface area contributed by atoms with E-state index >= 15 is 0 Å². The second-order valence-corrected chi connectivity index (χ2v) is 9.23. The molecule has 2 saturated heterocycles. The Labute approximate surface area is 186 Å². The number of carbonyl (C=O) groups excluding carboxylic acids is 3. The van der Waals surface area contributed by atoms with Crippen molar-refractivity contribution in [2.75, 3.05) is 29.9 Å². The number of carbonyl (C=O) groups is 3. The van der Waals surface area contributed by atoms with Crippen LogP contribution in [0.3, 0.4) is 0 Å². The van der Waals surface area contributed by atoms with Crippen molar-refractivity contribution in [1.29, 1.82) is 0 Å². The van der Waals surface area contributed by atoms with Crippen molar-refractivity contribution in [2.24, 2.45) is 11.7 Å². The minimum absolute atomic E-state index is 0.00908. The maximum atomic E-state index is 12.9. The molecule has 3 heterocycles. The molecule has 31 heavy (non-hydrogen) atoms. The number of primary amides is 1. The summed E-state index contributed by atoms with van der Waals surface area (Å²) in [5, 5.41) is 4.93. The molecule has 0 saturated carbocycles. The quantitative estimate of drug-likeness (QED) is 0.722. The fourth-order valence-electron chi connectivity index (χ4n) is 4.40. The zero-order chi connectivity index (χ0) is 21.8. The fourth-order valence-corrected chi connectivity index (χ4v) is 5.10. The van der Waals surface area contributed by atoms with Gasteiger partial charge in [-0.25, -0.2) is 0 Å². The van der Waals surface area contributed by atoms with Gasteiger partial charge in [0.15, 0.2) is 0 Å². The molecular weight excluding hydrogens is 412 g/mol. The lowest BCUT2D eigenvalue weighted by atomic mass is 9.96. The van der Waals surface area contributed by atoms with E-state index in [1.54, 1.807) is 16.2 Å². The number of hydrogen-bond donors (Lipinski definition) is 2. The zero-order valence-electron chi connectivity index (χ0n) is 17.5. The number of thiophene rings is 1. The minimum atomic E-state index is -0.417. The molecule has 8 heteroatoms. The van der Waals surface area contributed by atoms with Crippen LogP contribution in [-0.4, -0.2) is 48.3 Å². The van der Waals surface area contributed by atoms with Gasteiger partial charge in [-0.1, -0.05) is 6.07 Å². The van der Waals surface area contributed by atoms with Crippen LogP contribution in [0.2, 0.25) is 0 Å². The maximum absolute atomic E-state index is 12.9. The molecule has 164 valence electrons. The van der Waals surface area contributed by atoms with E-state index < -0.39 is 6.04 Å². The molecular formula is C23H28N4O3S. The highest BCUT2D eigenvalue weighted by Gasteiger charge is 2.34. The first-order valence-corrected chi connectivity index (χ1v) is 11.7. The van der Waals surface area contributed by atoms with E-state index in [1.807, 2.05) is 41.8 Å². The highest BCUT2D eigenvalue weighted by atomic mass is 32.1. The lowest BCUT2D eigenvalue weighted by Crippen LogP contribution is -2.43. The standard InChI is InChI=1S/C23H28N4O3S/c24-22(29)16-9-12-26(13-10-16)18-7-5-17(6-8-18)25-23(30)20-4-1-11-27(20)21(28)15-19-3-2-14-31-19/h2-3,5-8,14,16,20H,1,4,9-13,15H2,(H2,24,29)(H,25,30). The molecule has 2 aliphatic heterocycles. The van der Waals surface area contributed by atoms with Crippen molar-refractivity contribution >= 4 is 40.4 Å². The normalized spacial score (nSPS) is 19.4. The molecule has 4 rings (SSSR count). The summed E-state index contributed by atoms with van der Waals surface area (Å²) in [6, 6.07) is 11.2. The van der Waals surface area contributed by atoms with E-state index in [4.69, 9.17) is 5.73 Å². The Kier molecular flexibility index (Phi) is 6.56. The molecule has 1 aromatic heterocycles. The van der Waals surface area contributed by atoms with Crippen LogP contribution < -0.4 is 16.0 Å². The molecule has 3 N–H and O–H groups in total. The van der Waals surface area contributed by atoms with Crippen LogP contribution in [0.5, 0.6) is 0 Å². The average molecular weight is 441 g/mol. The van der Waals surface area contributed by atoms with E-state index in [9.17, 15) is 14.4 Å². The van der Waals surface area contributed by atoms with Gasteiger partial charge in [0.2, 0.25) is 17.7 Å².